The van der Waals surface area contributed by atoms with Crippen LogP contribution in [0, 0.1) is 0 Å². The molecule has 1 unspecified atom stereocenters. The summed E-state index contributed by atoms with van der Waals surface area (Å²) < 4.78 is 57.0. The lowest BCUT2D eigenvalue weighted by atomic mass is 9.93. The summed E-state index contributed by atoms with van der Waals surface area (Å²) in [6.07, 6.45) is 2.85. The lowest BCUT2D eigenvalue weighted by molar-refractivity contribution is -0.191. The van der Waals surface area contributed by atoms with Gasteiger partial charge in [-0.05, 0) is 56.6 Å². The van der Waals surface area contributed by atoms with Crippen LogP contribution in [0.25, 0.3) is 0 Å². The van der Waals surface area contributed by atoms with Crippen molar-refractivity contribution in [3.05, 3.63) is 29.3 Å². The van der Waals surface area contributed by atoms with E-state index in [1.54, 1.807) is 12.1 Å². The number of thioether (sulfide) groups is 1. The van der Waals surface area contributed by atoms with Crippen molar-refractivity contribution in [3.8, 4) is 0 Å². The predicted molar refractivity (Wildman–Crippen MR) is 131 cm³/mol. The Morgan fingerprint density at radius 3 is 2.32 bits per heavy atom. The van der Waals surface area contributed by atoms with E-state index in [-0.39, 0.29) is 24.9 Å². The predicted octanol–water partition coefficient (Wildman–Crippen LogP) is 6.15. The summed E-state index contributed by atoms with van der Waals surface area (Å²) in [7, 11) is 1.48. The lowest BCUT2D eigenvalue weighted by Crippen LogP contribution is -2.51. The molecule has 0 bridgehead atoms. The van der Waals surface area contributed by atoms with Gasteiger partial charge < -0.3 is 25.1 Å². The molecule has 0 radical (unpaired) electrons. The highest BCUT2D eigenvalue weighted by atomic mass is 32.2. The average molecular weight is 510 g/mol. The van der Waals surface area contributed by atoms with Crippen LogP contribution in [-0.2, 0) is 26.8 Å². The Bertz CT molecular complexity index is 698. The van der Waals surface area contributed by atoms with E-state index in [1.165, 1.54) is 58.0 Å². The molecule has 1 atom stereocenters. The van der Waals surface area contributed by atoms with E-state index in [4.69, 9.17) is 19.9 Å². The van der Waals surface area contributed by atoms with Gasteiger partial charge in [-0.1, -0.05) is 45.1 Å². The van der Waals surface area contributed by atoms with Gasteiger partial charge in [-0.25, -0.2) is 0 Å². The third-order valence-electron chi connectivity index (χ3n) is 5.32. The minimum absolute atomic E-state index is 0.0153. The van der Waals surface area contributed by atoms with E-state index in [2.05, 4.69) is 6.92 Å². The van der Waals surface area contributed by atoms with Crippen molar-refractivity contribution < 1.29 is 32.5 Å². The molecule has 0 aromatic heterocycles. The van der Waals surface area contributed by atoms with Gasteiger partial charge in [0.1, 0.15) is 6.79 Å². The van der Waals surface area contributed by atoms with Crippen LogP contribution in [0.1, 0.15) is 76.8 Å². The Morgan fingerprint density at radius 1 is 1.03 bits per heavy atom. The maximum Gasteiger partial charge on any atom is 0.417 e. The van der Waals surface area contributed by atoms with E-state index in [0.29, 0.717) is 24.2 Å². The molecule has 0 heterocycles. The first-order valence-electron chi connectivity index (χ1n) is 11.9. The summed E-state index contributed by atoms with van der Waals surface area (Å²) in [5.74, 6) is -0.713. The maximum absolute atomic E-state index is 13.8. The zero-order valence-corrected chi connectivity index (χ0v) is 21.8. The van der Waals surface area contributed by atoms with Gasteiger partial charge in [0.25, 0.3) is 0 Å². The van der Waals surface area contributed by atoms with Crippen LogP contribution < -0.4 is 5.73 Å². The Morgan fingerprint density at radius 2 is 1.71 bits per heavy atom. The third kappa shape index (κ3) is 13.3. The monoisotopic (exact) mass is 509 g/mol. The topological polar surface area (TPSA) is 73.9 Å². The highest BCUT2D eigenvalue weighted by Crippen LogP contribution is 2.38. The molecular formula is C25H42F3NO4S. The summed E-state index contributed by atoms with van der Waals surface area (Å²) in [6, 6.07) is 4.51. The van der Waals surface area contributed by atoms with Crippen molar-refractivity contribution in [1.82, 2.24) is 0 Å². The first-order chi connectivity index (χ1) is 15.9. The zero-order chi connectivity index (χ0) is 25.7. The number of unbranched alkanes of at least 4 members (excludes halogenated alkanes) is 5. The smallest absolute Gasteiger partial charge is 0.366 e. The van der Waals surface area contributed by atoms with E-state index in [1.807, 2.05) is 0 Å². The number of benzene rings is 1. The molecule has 34 heavy (non-hydrogen) atoms. The van der Waals surface area contributed by atoms with E-state index >= 15 is 0 Å². The van der Waals surface area contributed by atoms with E-state index < -0.39 is 23.1 Å². The summed E-state index contributed by atoms with van der Waals surface area (Å²) >= 11 is 1.27. The minimum atomic E-state index is -4.43. The standard InChI is InChI=1S/C25H42F3NO4S/c1-5-6-7-8-9-10-15-34-22-12-11-20(16-21(22)25(26,27)28)13-14-24(29,17-32-19-31-4)18-33-23(2,3)30/h11-12,16,30H,5-10,13-15,17-19,29H2,1-4H3. The maximum atomic E-state index is 13.8. The van der Waals surface area contributed by atoms with Crippen molar-refractivity contribution in [2.24, 2.45) is 5.73 Å². The van der Waals surface area contributed by atoms with Crippen molar-refractivity contribution >= 4 is 11.8 Å². The molecule has 0 fully saturated rings. The molecule has 1 rings (SSSR count). The number of hydrogen-bond acceptors (Lipinski definition) is 6. The second kappa shape index (κ2) is 15.3. The molecule has 5 nitrogen and oxygen atoms in total. The lowest BCUT2D eigenvalue weighted by Gasteiger charge is -2.32. The number of aryl methyl sites for hydroxylation is 1. The quantitative estimate of drug-likeness (QED) is 0.140. The van der Waals surface area contributed by atoms with Crippen LogP contribution >= 0.6 is 11.8 Å². The van der Waals surface area contributed by atoms with Crippen molar-refractivity contribution in [1.29, 1.82) is 0 Å². The molecule has 0 saturated carbocycles. The normalized spacial score (nSPS) is 14.4. The first kappa shape index (κ1) is 31.2. The summed E-state index contributed by atoms with van der Waals surface area (Å²) in [5.41, 5.74) is 5.37. The number of rotatable bonds is 18. The largest absolute Gasteiger partial charge is 0.417 e. The van der Waals surface area contributed by atoms with Gasteiger partial charge in [0, 0.05) is 12.0 Å². The van der Waals surface area contributed by atoms with Crippen molar-refractivity contribution in [3.63, 3.8) is 0 Å². The SMILES string of the molecule is CCCCCCCCSc1ccc(CCC(N)(COCOC)COC(C)(C)O)cc1C(F)(F)F. The first-order valence-corrected chi connectivity index (χ1v) is 12.9. The molecule has 0 aliphatic rings. The number of nitrogens with two attached hydrogens (primary N) is 1. The second-order valence-electron chi connectivity index (χ2n) is 9.30. The molecule has 1 aromatic rings. The molecule has 0 amide bonds. The van der Waals surface area contributed by atoms with Crippen LogP contribution in [0.4, 0.5) is 13.2 Å². The molecule has 1 aromatic carbocycles. The third-order valence-corrected chi connectivity index (χ3v) is 6.48. The molecule has 9 heteroatoms. The summed E-state index contributed by atoms with van der Waals surface area (Å²) in [5, 5.41) is 9.87. The van der Waals surface area contributed by atoms with Gasteiger partial charge in [0.05, 0.1) is 24.3 Å². The van der Waals surface area contributed by atoms with Gasteiger partial charge in [0.15, 0.2) is 5.79 Å². The zero-order valence-electron chi connectivity index (χ0n) is 21.0. The van der Waals surface area contributed by atoms with Gasteiger partial charge >= 0.3 is 6.18 Å². The molecule has 3 N–H and O–H groups in total. The Kier molecular flexibility index (Phi) is 14.0. The van der Waals surface area contributed by atoms with Crippen molar-refractivity contribution in [2.75, 3.05) is 32.9 Å². The van der Waals surface area contributed by atoms with Crippen LogP contribution in [0.5, 0.6) is 0 Å². The minimum Gasteiger partial charge on any atom is -0.366 e. The van der Waals surface area contributed by atoms with Gasteiger partial charge in [-0.15, -0.1) is 11.8 Å². The van der Waals surface area contributed by atoms with E-state index in [9.17, 15) is 18.3 Å². The number of halogens is 3. The summed E-state index contributed by atoms with van der Waals surface area (Å²) in [4.78, 5) is 0.262. The highest BCUT2D eigenvalue weighted by molar-refractivity contribution is 7.99. The van der Waals surface area contributed by atoms with Gasteiger partial charge in [0.2, 0.25) is 0 Å². The Labute approximate surface area is 206 Å². The number of alkyl halides is 3. The fraction of sp³-hybridized carbons (Fsp3) is 0.760. The Hall–Kier alpha value is -0.840. The van der Waals surface area contributed by atoms with E-state index in [0.717, 1.165) is 19.3 Å². The van der Waals surface area contributed by atoms with Crippen molar-refractivity contribution in [2.45, 2.75) is 94.5 Å². The van der Waals surface area contributed by atoms with Crippen LogP contribution in [0.15, 0.2) is 23.1 Å². The molecule has 0 aliphatic heterocycles. The van der Waals surface area contributed by atoms with Gasteiger partial charge in [-0.2, -0.15) is 13.2 Å². The van der Waals surface area contributed by atoms with Gasteiger partial charge in [-0.3, -0.25) is 0 Å². The number of hydrogen-bond donors (Lipinski definition) is 2. The number of aliphatic hydroxyl groups is 1. The number of methoxy groups -OCH3 is 1. The van der Waals surface area contributed by atoms with Crippen LogP contribution in [0.2, 0.25) is 0 Å². The molecule has 0 spiro atoms. The summed E-state index contributed by atoms with van der Waals surface area (Å²) in [6.45, 7) is 5.23. The molecule has 0 aliphatic carbocycles. The fourth-order valence-electron chi connectivity index (χ4n) is 3.37. The number of ether oxygens (including phenoxy) is 3. The van der Waals surface area contributed by atoms with Crippen LogP contribution in [-0.4, -0.2) is 49.3 Å². The average Bonchev–Trinajstić information content (AvgIpc) is 2.75. The highest BCUT2D eigenvalue weighted by Gasteiger charge is 2.34. The fourth-order valence-corrected chi connectivity index (χ4v) is 4.44. The van der Waals surface area contributed by atoms with Crippen LogP contribution in [0.3, 0.4) is 0 Å². The Balaban J connectivity index is 2.80. The molecular weight excluding hydrogens is 467 g/mol. The molecule has 198 valence electrons. The molecule has 0 saturated heterocycles. The second-order valence-corrected chi connectivity index (χ2v) is 10.4.